The Hall–Kier alpha value is -3.50. The Bertz CT molecular complexity index is 1450. The lowest BCUT2D eigenvalue weighted by molar-refractivity contribution is 0.101. The molecule has 33 heavy (non-hydrogen) atoms. The van der Waals surface area contributed by atoms with Gasteiger partial charge in [-0.05, 0) is 57.2 Å². The number of fused-ring (bicyclic) bond motifs is 1. The summed E-state index contributed by atoms with van der Waals surface area (Å²) in [7, 11) is -3.98. The zero-order valence-corrected chi connectivity index (χ0v) is 19.7. The molecule has 1 amide bonds. The molecule has 0 saturated carbocycles. The van der Waals surface area contributed by atoms with Crippen molar-refractivity contribution in [3.63, 3.8) is 0 Å². The van der Waals surface area contributed by atoms with E-state index in [9.17, 15) is 13.2 Å². The van der Waals surface area contributed by atoms with E-state index in [1.54, 1.807) is 37.3 Å². The molecule has 2 aromatic heterocycles. The van der Waals surface area contributed by atoms with Gasteiger partial charge >= 0.3 is 0 Å². The summed E-state index contributed by atoms with van der Waals surface area (Å²) in [6.07, 6.45) is 0. The van der Waals surface area contributed by atoms with Crippen molar-refractivity contribution in [2.45, 2.75) is 25.7 Å². The van der Waals surface area contributed by atoms with Crippen LogP contribution in [0.2, 0.25) is 5.02 Å². The fourth-order valence-corrected chi connectivity index (χ4v) is 5.41. The maximum absolute atomic E-state index is 13.4. The van der Waals surface area contributed by atoms with Crippen LogP contribution in [0.5, 0.6) is 0 Å². The van der Waals surface area contributed by atoms with Gasteiger partial charge in [0.1, 0.15) is 4.90 Å². The summed E-state index contributed by atoms with van der Waals surface area (Å²) < 4.78 is 29.5. The minimum Gasteiger partial charge on any atom is -0.319 e. The lowest BCUT2D eigenvalue weighted by Crippen LogP contribution is -2.31. The molecule has 1 N–H and O–H groups in total. The minimum absolute atomic E-state index is 0.0449. The SMILES string of the molecule is CCN(c1ccccc1)S(=O)(=O)c1cc(NC(=O)c2nc3nc(C)cc(C)n3n2)ccc1Cl. The van der Waals surface area contributed by atoms with Crippen LogP contribution >= 0.6 is 11.6 Å². The second kappa shape index (κ2) is 8.80. The first-order chi connectivity index (χ1) is 15.7. The van der Waals surface area contributed by atoms with Crippen LogP contribution in [0.15, 0.2) is 59.5 Å². The molecule has 2 heterocycles. The van der Waals surface area contributed by atoms with E-state index in [4.69, 9.17) is 11.6 Å². The number of benzene rings is 2. The van der Waals surface area contributed by atoms with E-state index in [2.05, 4.69) is 20.4 Å². The molecule has 0 aliphatic heterocycles. The highest BCUT2D eigenvalue weighted by molar-refractivity contribution is 7.93. The van der Waals surface area contributed by atoms with Crippen molar-refractivity contribution < 1.29 is 13.2 Å². The number of amides is 1. The van der Waals surface area contributed by atoms with Crippen molar-refractivity contribution >= 4 is 44.7 Å². The van der Waals surface area contributed by atoms with Crippen LogP contribution in [0.1, 0.15) is 28.9 Å². The van der Waals surface area contributed by atoms with Crippen LogP contribution in [0.25, 0.3) is 5.78 Å². The Balaban J connectivity index is 1.66. The molecule has 0 fully saturated rings. The molecule has 170 valence electrons. The van der Waals surface area contributed by atoms with Gasteiger partial charge in [0, 0.05) is 23.6 Å². The molecule has 0 atom stereocenters. The predicted molar refractivity (Wildman–Crippen MR) is 126 cm³/mol. The summed E-state index contributed by atoms with van der Waals surface area (Å²) in [4.78, 5) is 21.1. The van der Waals surface area contributed by atoms with Crippen LogP contribution in [0, 0.1) is 13.8 Å². The second-order valence-corrected chi connectivity index (χ2v) is 9.53. The Labute approximate surface area is 196 Å². The van der Waals surface area contributed by atoms with E-state index in [0.717, 1.165) is 11.4 Å². The average Bonchev–Trinajstić information content (AvgIpc) is 3.21. The molecule has 2 aromatic carbocycles. The number of carbonyl (C=O) groups excluding carboxylic acids is 1. The number of carbonyl (C=O) groups is 1. The summed E-state index contributed by atoms with van der Waals surface area (Å²) in [5.41, 5.74) is 2.29. The van der Waals surface area contributed by atoms with E-state index in [1.807, 2.05) is 19.9 Å². The Morgan fingerprint density at radius 1 is 1.09 bits per heavy atom. The first kappa shape index (κ1) is 22.7. The van der Waals surface area contributed by atoms with Gasteiger partial charge in [0.2, 0.25) is 5.82 Å². The zero-order chi connectivity index (χ0) is 23.8. The number of nitrogens with zero attached hydrogens (tertiary/aromatic N) is 5. The van der Waals surface area contributed by atoms with Crippen molar-refractivity contribution in [1.29, 1.82) is 0 Å². The molecule has 4 rings (SSSR count). The monoisotopic (exact) mass is 484 g/mol. The van der Waals surface area contributed by atoms with Crippen LogP contribution in [-0.4, -0.2) is 40.5 Å². The standard InChI is InChI=1S/C22H21ClN6O3S/c1-4-28(17-8-6-5-7-9-17)33(31,32)19-13-16(10-11-18(19)23)25-21(30)20-26-22-24-14(2)12-15(3)29(22)27-20/h5-13H,4H2,1-3H3,(H,25,30). The van der Waals surface area contributed by atoms with Gasteiger partial charge in [-0.15, -0.1) is 5.10 Å². The number of anilines is 2. The first-order valence-electron chi connectivity index (χ1n) is 10.1. The molecule has 0 bridgehead atoms. The van der Waals surface area contributed by atoms with Crippen molar-refractivity contribution in [3.05, 3.63) is 76.8 Å². The number of hydrogen-bond donors (Lipinski definition) is 1. The van der Waals surface area contributed by atoms with E-state index < -0.39 is 15.9 Å². The maximum Gasteiger partial charge on any atom is 0.295 e. The van der Waals surface area contributed by atoms with Gasteiger partial charge in [-0.3, -0.25) is 9.10 Å². The fraction of sp³-hybridized carbons (Fsp3) is 0.182. The normalized spacial score (nSPS) is 11.5. The molecule has 0 radical (unpaired) electrons. The van der Waals surface area contributed by atoms with Gasteiger partial charge in [0.05, 0.1) is 10.7 Å². The summed E-state index contributed by atoms with van der Waals surface area (Å²) in [6, 6.07) is 14.8. The van der Waals surface area contributed by atoms with E-state index >= 15 is 0 Å². The molecule has 11 heteroatoms. The maximum atomic E-state index is 13.4. The number of sulfonamides is 1. The third-order valence-corrected chi connectivity index (χ3v) is 7.29. The highest BCUT2D eigenvalue weighted by atomic mass is 35.5. The number of halogens is 1. The summed E-state index contributed by atoms with van der Waals surface area (Å²) in [6.45, 7) is 5.60. The first-order valence-corrected chi connectivity index (χ1v) is 11.9. The Morgan fingerprint density at radius 2 is 1.82 bits per heavy atom. The number of nitrogens with one attached hydrogen (secondary N) is 1. The highest BCUT2D eigenvalue weighted by Crippen LogP contribution is 2.30. The predicted octanol–water partition coefficient (Wildman–Crippen LogP) is 3.86. The number of aromatic nitrogens is 4. The number of rotatable bonds is 6. The molecule has 9 nitrogen and oxygen atoms in total. The fourth-order valence-electron chi connectivity index (χ4n) is 3.43. The molecule has 0 aliphatic carbocycles. The van der Waals surface area contributed by atoms with Gasteiger partial charge < -0.3 is 5.32 Å². The van der Waals surface area contributed by atoms with E-state index in [-0.39, 0.29) is 28.0 Å². The molecule has 0 aliphatic rings. The molecule has 0 spiro atoms. The second-order valence-electron chi connectivity index (χ2n) is 7.29. The van der Waals surface area contributed by atoms with Crippen molar-refractivity contribution in [3.8, 4) is 0 Å². The smallest absolute Gasteiger partial charge is 0.295 e. The van der Waals surface area contributed by atoms with Crippen molar-refractivity contribution in [2.75, 3.05) is 16.2 Å². The van der Waals surface area contributed by atoms with Crippen LogP contribution in [0.4, 0.5) is 11.4 Å². The minimum atomic E-state index is -3.98. The topological polar surface area (TPSA) is 110 Å². The summed E-state index contributed by atoms with van der Waals surface area (Å²) in [5.74, 6) is -0.382. The van der Waals surface area contributed by atoms with Gasteiger partial charge in [-0.2, -0.15) is 4.98 Å². The molecule has 4 aromatic rings. The zero-order valence-electron chi connectivity index (χ0n) is 18.2. The van der Waals surface area contributed by atoms with E-state index in [0.29, 0.717) is 11.5 Å². The van der Waals surface area contributed by atoms with Crippen LogP contribution < -0.4 is 9.62 Å². The number of hydrogen-bond acceptors (Lipinski definition) is 6. The summed E-state index contributed by atoms with van der Waals surface area (Å²) >= 11 is 6.25. The molecular formula is C22H21ClN6O3S. The van der Waals surface area contributed by atoms with E-state index in [1.165, 1.54) is 27.0 Å². The largest absolute Gasteiger partial charge is 0.319 e. The number of para-hydroxylation sites is 1. The molecular weight excluding hydrogens is 464 g/mol. The van der Waals surface area contributed by atoms with Gasteiger partial charge in [0.25, 0.3) is 21.7 Å². The summed E-state index contributed by atoms with van der Waals surface area (Å²) in [5, 5.41) is 6.89. The quantitative estimate of drug-likeness (QED) is 0.445. The van der Waals surface area contributed by atoms with Crippen LogP contribution in [0.3, 0.4) is 0 Å². The van der Waals surface area contributed by atoms with Crippen molar-refractivity contribution in [1.82, 2.24) is 19.6 Å². The van der Waals surface area contributed by atoms with Gasteiger partial charge in [-0.25, -0.2) is 17.9 Å². The third-order valence-electron chi connectivity index (χ3n) is 4.91. The lowest BCUT2D eigenvalue weighted by atomic mass is 10.3. The van der Waals surface area contributed by atoms with Gasteiger partial charge in [-0.1, -0.05) is 29.8 Å². The average molecular weight is 485 g/mol. The lowest BCUT2D eigenvalue weighted by Gasteiger charge is -2.23. The van der Waals surface area contributed by atoms with Crippen molar-refractivity contribution in [2.24, 2.45) is 0 Å². The highest BCUT2D eigenvalue weighted by Gasteiger charge is 2.27. The number of aryl methyl sites for hydroxylation is 2. The molecule has 0 saturated heterocycles. The third kappa shape index (κ3) is 4.39. The Morgan fingerprint density at radius 3 is 2.52 bits per heavy atom. The van der Waals surface area contributed by atoms with Crippen LogP contribution in [-0.2, 0) is 10.0 Å². The van der Waals surface area contributed by atoms with Gasteiger partial charge in [0.15, 0.2) is 0 Å². The molecule has 0 unspecified atom stereocenters. The Kier molecular flexibility index (Phi) is 6.05.